The molecule has 1 N–H and O–H groups in total. The number of benzene rings is 1. The van der Waals surface area contributed by atoms with E-state index in [1.165, 1.54) is 14.2 Å². The van der Waals surface area contributed by atoms with Gasteiger partial charge in [-0.2, -0.15) is 4.98 Å². The number of nitrogens with zero attached hydrogens (tertiary/aromatic N) is 2. The summed E-state index contributed by atoms with van der Waals surface area (Å²) in [6.45, 7) is 0.501. The summed E-state index contributed by atoms with van der Waals surface area (Å²) < 4.78 is 10.5. The van der Waals surface area contributed by atoms with Gasteiger partial charge in [-0.3, -0.25) is 4.79 Å². The highest BCUT2D eigenvalue weighted by Crippen LogP contribution is 2.47. The molecular formula is C23H28N2O4. The van der Waals surface area contributed by atoms with Gasteiger partial charge in [-0.25, -0.2) is 0 Å². The predicted molar refractivity (Wildman–Crippen MR) is 109 cm³/mol. The average molecular weight is 396 g/mol. The Hall–Kier alpha value is -2.60. The molecule has 1 unspecified atom stereocenters. The van der Waals surface area contributed by atoms with E-state index in [1.807, 2.05) is 35.2 Å². The third kappa shape index (κ3) is 3.46. The molecule has 1 aromatic heterocycles. The van der Waals surface area contributed by atoms with Gasteiger partial charge in [0.25, 0.3) is 5.91 Å². The smallest absolute Gasteiger partial charge is 0.259 e. The van der Waals surface area contributed by atoms with E-state index in [9.17, 15) is 9.90 Å². The fraction of sp³-hybridized carbons (Fsp3) is 0.478. The fourth-order valence-corrected chi connectivity index (χ4v) is 5.03. The normalized spacial score (nSPS) is 26.5. The van der Waals surface area contributed by atoms with Gasteiger partial charge < -0.3 is 19.5 Å². The van der Waals surface area contributed by atoms with E-state index < -0.39 is 5.60 Å². The van der Waals surface area contributed by atoms with Crippen LogP contribution in [0.25, 0.3) is 0 Å². The van der Waals surface area contributed by atoms with Gasteiger partial charge in [0.05, 0.1) is 19.8 Å². The number of piperidine rings is 1. The molecule has 2 fully saturated rings. The summed E-state index contributed by atoms with van der Waals surface area (Å²) in [4.78, 5) is 19.7. The monoisotopic (exact) mass is 396 g/mol. The number of aliphatic hydroxyl groups is 1. The maximum atomic E-state index is 13.5. The van der Waals surface area contributed by atoms with Crippen LogP contribution in [0.4, 0.5) is 0 Å². The summed E-state index contributed by atoms with van der Waals surface area (Å²) in [5, 5.41) is 11.7. The summed E-state index contributed by atoms with van der Waals surface area (Å²) in [6, 6.07) is 13.3. The van der Waals surface area contributed by atoms with E-state index in [4.69, 9.17) is 9.47 Å². The predicted octanol–water partition coefficient (Wildman–Crippen LogP) is 3.39. The van der Waals surface area contributed by atoms with Crippen LogP contribution in [0.5, 0.6) is 11.8 Å². The molecule has 2 heterocycles. The molecule has 4 rings (SSSR count). The SMILES string of the molecule is COc1ccc(C(=O)N2CCC(O)(c3ccccc3)[C@H]3CCCC[C@H]32)c(OC)n1. The van der Waals surface area contributed by atoms with Crippen molar-refractivity contribution >= 4 is 5.91 Å². The van der Waals surface area contributed by atoms with Crippen LogP contribution >= 0.6 is 0 Å². The molecule has 2 aromatic rings. The van der Waals surface area contributed by atoms with E-state index in [0.717, 1.165) is 31.2 Å². The van der Waals surface area contributed by atoms with Gasteiger partial charge >= 0.3 is 0 Å². The maximum absolute atomic E-state index is 13.5. The average Bonchev–Trinajstić information content (AvgIpc) is 2.79. The lowest BCUT2D eigenvalue weighted by Crippen LogP contribution is -2.59. The van der Waals surface area contributed by atoms with Crippen LogP contribution in [-0.2, 0) is 5.60 Å². The molecule has 1 aliphatic heterocycles. The van der Waals surface area contributed by atoms with Crippen molar-refractivity contribution in [2.75, 3.05) is 20.8 Å². The fourth-order valence-electron chi connectivity index (χ4n) is 5.03. The first kappa shape index (κ1) is 19.7. The Labute approximate surface area is 171 Å². The molecule has 154 valence electrons. The Bertz CT molecular complexity index is 872. The van der Waals surface area contributed by atoms with Gasteiger partial charge in [-0.05, 0) is 30.9 Å². The van der Waals surface area contributed by atoms with Crippen LogP contribution in [0, 0.1) is 5.92 Å². The van der Waals surface area contributed by atoms with Gasteiger partial charge in [0, 0.05) is 24.6 Å². The minimum absolute atomic E-state index is 0.00186. The number of carbonyl (C=O) groups is 1. The number of hydrogen-bond donors (Lipinski definition) is 1. The lowest BCUT2D eigenvalue weighted by molar-refractivity contribution is -0.110. The topological polar surface area (TPSA) is 71.9 Å². The number of hydrogen-bond acceptors (Lipinski definition) is 5. The van der Waals surface area contributed by atoms with Crippen molar-refractivity contribution in [3.8, 4) is 11.8 Å². The first-order chi connectivity index (χ1) is 14.1. The second-order valence-corrected chi connectivity index (χ2v) is 7.91. The Morgan fingerprint density at radius 3 is 2.59 bits per heavy atom. The minimum atomic E-state index is -0.897. The number of fused-ring (bicyclic) bond motifs is 1. The van der Waals surface area contributed by atoms with Gasteiger partial charge in [-0.15, -0.1) is 0 Å². The zero-order valence-electron chi connectivity index (χ0n) is 17.0. The maximum Gasteiger partial charge on any atom is 0.259 e. The number of carbonyl (C=O) groups excluding carboxylic acids is 1. The summed E-state index contributed by atoms with van der Waals surface area (Å²) >= 11 is 0. The van der Waals surface area contributed by atoms with Crippen LogP contribution in [0.1, 0.15) is 48.0 Å². The van der Waals surface area contributed by atoms with Crippen LogP contribution in [0.15, 0.2) is 42.5 Å². The van der Waals surface area contributed by atoms with Gasteiger partial charge in [0.15, 0.2) is 0 Å². The number of likely N-dealkylation sites (tertiary alicyclic amines) is 1. The largest absolute Gasteiger partial charge is 0.481 e. The highest BCUT2D eigenvalue weighted by atomic mass is 16.5. The zero-order valence-corrected chi connectivity index (χ0v) is 17.0. The molecule has 1 aliphatic carbocycles. The van der Waals surface area contributed by atoms with E-state index in [2.05, 4.69) is 4.98 Å². The second kappa shape index (κ2) is 8.03. The van der Waals surface area contributed by atoms with Crippen LogP contribution in [0.3, 0.4) is 0 Å². The molecule has 1 saturated heterocycles. The minimum Gasteiger partial charge on any atom is -0.481 e. The van der Waals surface area contributed by atoms with Crippen molar-refractivity contribution in [1.82, 2.24) is 9.88 Å². The lowest BCUT2D eigenvalue weighted by Gasteiger charge is -2.52. The highest BCUT2D eigenvalue weighted by Gasteiger charge is 2.50. The van der Waals surface area contributed by atoms with Crippen molar-refractivity contribution in [2.24, 2.45) is 5.92 Å². The number of ether oxygens (including phenoxy) is 2. The molecule has 1 saturated carbocycles. The van der Waals surface area contributed by atoms with Crippen molar-refractivity contribution < 1.29 is 19.4 Å². The Balaban J connectivity index is 1.66. The van der Waals surface area contributed by atoms with Crippen LogP contribution < -0.4 is 9.47 Å². The number of pyridine rings is 1. The summed E-state index contributed by atoms with van der Waals surface area (Å²) in [7, 11) is 3.04. The third-order valence-electron chi connectivity index (χ3n) is 6.48. The summed E-state index contributed by atoms with van der Waals surface area (Å²) in [5.41, 5.74) is 0.487. The third-order valence-corrected chi connectivity index (χ3v) is 6.48. The number of aromatic nitrogens is 1. The van der Waals surface area contributed by atoms with Crippen molar-refractivity contribution in [2.45, 2.75) is 43.7 Å². The Morgan fingerprint density at radius 2 is 1.86 bits per heavy atom. The van der Waals surface area contributed by atoms with Crippen molar-refractivity contribution in [1.29, 1.82) is 0 Å². The molecule has 3 atom stereocenters. The molecule has 1 aromatic carbocycles. The number of methoxy groups -OCH3 is 2. The molecule has 6 nitrogen and oxygen atoms in total. The molecule has 2 aliphatic rings. The first-order valence-corrected chi connectivity index (χ1v) is 10.3. The second-order valence-electron chi connectivity index (χ2n) is 7.91. The van der Waals surface area contributed by atoms with E-state index >= 15 is 0 Å². The molecular weight excluding hydrogens is 368 g/mol. The lowest BCUT2D eigenvalue weighted by atomic mass is 9.66. The van der Waals surface area contributed by atoms with Crippen LogP contribution in [-0.4, -0.2) is 47.7 Å². The van der Waals surface area contributed by atoms with Crippen molar-refractivity contribution in [3.05, 3.63) is 53.6 Å². The van der Waals surface area contributed by atoms with Crippen molar-refractivity contribution in [3.63, 3.8) is 0 Å². The number of rotatable bonds is 4. The zero-order chi connectivity index (χ0) is 20.4. The molecule has 29 heavy (non-hydrogen) atoms. The number of amides is 1. The molecule has 6 heteroatoms. The standard InChI is InChI=1S/C23H28N2O4/c1-28-20-13-12-17(21(24-20)29-2)22(26)25-15-14-23(27,16-8-4-3-5-9-16)18-10-6-7-11-19(18)25/h3-5,8-9,12-13,18-19,27H,6-7,10-11,14-15H2,1-2H3/t18-,19+,23?/m0/s1. The first-order valence-electron chi connectivity index (χ1n) is 10.3. The molecule has 0 radical (unpaired) electrons. The van der Waals surface area contributed by atoms with Gasteiger partial charge in [0.1, 0.15) is 5.56 Å². The molecule has 0 bridgehead atoms. The summed E-state index contributed by atoms with van der Waals surface area (Å²) in [6.07, 6.45) is 4.48. The molecule has 1 amide bonds. The summed E-state index contributed by atoms with van der Waals surface area (Å²) in [5.74, 6) is 0.606. The highest BCUT2D eigenvalue weighted by molar-refractivity contribution is 5.96. The van der Waals surface area contributed by atoms with Gasteiger partial charge in [0.2, 0.25) is 11.8 Å². The Kier molecular flexibility index (Phi) is 5.46. The van der Waals surface area contributed by atoms with E-state index in [0.29, 0.717) is 24.4 Å². The van der Waals surface area contributed by atoms with E-state index in [-0.39, 0.29) is 23.7 Å². The Morgan fingerprint density at radius 1 is 1.10 bits per heavy atom. The van der Waals surface area contributed by atoms with E-state index in [1.54, 1.807) is 12.1 Å². The van der Waals surface area contributed by atoms with Gasteiger partial charge in [-0.1, -0.05) is 43.2 Å². The quantitative estimate of drug-likeness (QED) is 0.858. The molecule has 0 spiro atoms. The van der Waals surface area contributed by atoms with Crippen LogP contribution in [0.2, 0.25) is 0 Å².